The fourth-order valence-corrected chi connectivity index (χ4v) is 5.48. The van der Waals surface area contributed by atoms with Crippen LogP contribution < -0.4 is 15.5 Å². The van der Waals surface area contributed by atoms with Crippen LogP contribution in [0.4, 0.5) is 11.4 Å². The first-order valence-electron chi connectivity index (χ1n) is 13.5. The molecule has 4 aromatic rings. The number of hydrogen-bond donors (Lipinski definition) is 2. The molecular weight excluding hydrogens is 530 g/mol. The largest absolute Gasteiger partial charge is 0.321 e. The van der Waals surface area contributed by atoms with Gasteiger partial charge in [-0.3, -0.25) is 14.4 Å². The molecule has 0 atom stereocenters. The van der Waals surface area contributed by atoms with Gasteiger partial charge < -0.3 is 15.5 Å². The van der Waals surface area contributed by atoms with Crippen LogP contribution in [0.5, 0.6) is 0 Å². The molecule has 4 aromatic carbocycles. The van der Waals surface area contributed by atoms with Gasteiger partial charge in [0.1, 0.15) is 5.70 Å². The summed E-state index contributed by atoms with van der Waals surface area (Å²) >= 11 is 1.43. The maximum absolute atomic E-state index is 13.4. The third-order valence-electron chi connectivity index (χ3n) is 6.78. The van der Waals surface area contributed by atoms with Gasteiger partial charge in [0.05, 0.1) is 5.75 Å². The van der Waals surface area contributed by atoms with E-state index in [1.807, 2.05) is 78.6 Å². The van der Waals surface area contributed by atoms with E-state index in [9.17, 15) is 14.4 Å². The summed E-state index contributed by atoms with van der Waals surface area (Å²) in [6.07, 6.45) is 3.60. The van der Waals surface area contributed by atoms with Gasteiger partial charge in [-0.05, 0) is 73.4 Å². The van der Waals surface area contributed by atoms with E-state index in [-0.39, 0.29) is 23.3 Å². The van der Waals surface area contributed by atoms with Crippen molar-refractivity contribution < 1.29 is 14.4 Å². The summed E-state index contributed by atoms with van der Waals surface area (Å²) in [6.45, 7) is 2.71. The van der Waals surface area contributed by atoms with E-state index < -0.39 is 5.91 Å². The maximum atomic E-state index is 13.4. The zero-order valence-electron chi connectivity index (χ0n) is 22.8. The summed E-state index contributed by atoms with van der Waals surface area (Å²) in [5.41, 5.74) is 5.23. The molecule has 0 saturated carbocycles. The van der Waals surface area contributed by atoms with Crippen LogP contribution in [0, 0.1) is 6.92 Å². The first kappa shape index (κ1) is 27.9. The van der Waals surface area contributed by atoms with Crippen LogP contribution in [0.15, 0.2) is 114 Å². The highest BCUT2D eigenvalue weighted by atomic mass is 32.2. The number of para-hydroxylation sites is 1. The van der Waals surface area contributed by atoms with Crippen molar-refractivity contribution in [3.8, 4) is 0 Å². The number of hydrogen-bond acceptors (Lipinski definition) is 4. The predicted molar refractivity (Wildman–Crippen MR) is 166 cm³/mol. The topological polar surface area (TPSA) is 78.5 Å². The van der Waals surface area contributed by atoms with Crippen molar-refractivity contribution in [2.24, 2.45) is 0 Å². The number of nitrogens with zero attached hydrogens (tertiary/aromatic N) is 1. The van der Waals surface area contributed by atoms with E-state index in [0.29, 0.717) is 11.3 Å². The Hall–Kier alpha value is -4.62. The van der Waals surface area contributed by atoms with E-state index in [1.165, 1.54) is 17.3 Å². The van der Waals surface area contributed by atoms with Crippen molar-refractivity contribution in [1.29, 1.82) is 0 Å². The summed E-state index contributed by atoms with van der Waals surface area (Å²) in [6, 6.07) is 31.9. The molecule has 2 N–H and O–H groups in total. The summed E-state index contributed by atoms with van der Waals surface area (Å²) in [4.78, 5) is 42.1. The molecule has 0 unspecified atom stereocenters. The van der Waals surface area contributed by atoms with Crippen molar-refractivity contribution >= 4 is 46.9 Å². The standard InChI is InChI=1S/C34H31N3O3S/c1-24-16-18-25(19-17-24)21-30(36-33(39)27-10-3-2-4-11-27)34(40)35-28-13-7-14-29(22-28)41-23-32(38)37-20-8-12-26-9-5-6-15-31(26)37/h2-7,9-11,13-19,21-22H,8,12,20,23H2,1H3,(H,35,40)(H,36,39)/b30-21-. The molecule has 0 fully saturated rings. The quantitative estimate of drug-likeness (QED) is 0.191. The Morgan fingerprint density at radius 3 is 2.44 bits per heavy atom. The Morgan fingerprint density at radius 1 is 0.878 bits per heavy atom. The molecule has 0 radical (unpaired) electrons. The van der Waals surface area contributed by atoms with Crippen LogP contribution in [0.2, 0.25) is 0 Å². The summed E-state index contributed by atoms with van der Waals surface area (Å²) in [5.74, 6) is -0.472. The molecule has 5 rings (SSSR count). The lowest BCUT2D eigenvalue weighted by atomic mass is 10.0. The van der Waals surface area contributed by atoms with Crippen LogP contribution in [-0.4, -0.2) is 30.0 Å². The lowest BCUT2D eigenvalue weighted by Crippen LogP contribution is -2.36. The molecule has 1 heterocycles. The van der Waals surface area contributed by atoms with Gasteiger partial charge in [0.15, 0.2) is 0 Å². The number of carbonyl (C=O) groups excluding carboxylic acids is 3. The second-order valence-electron chi connectivity index (χ2n) is 9.84. The molecule has 0 saturated heterocycles. The number of thioether (sulfide) groups is 1. The van der Waals surface area contributed by atoms with E-state index in [2.05, 4.69) is 16.7 Å². The Labute approximate surface area is 244 Å². The highest BCUT2D eigenvalue weighted by Gasteiger charge is 2.22. The van der Waals surface area contributed by atoms with Gasteiger partial charge in [-0.25, -0.2) is 0 Å². The lowest BCUT2D eigenvalue weighted by Gasteiger charge is -2.29. The van der Waals surface area contributed by atoms with Gasteiger partial charge in [-0.2, -0.15) is 0 Å². The summed E-state index contributed by atoms with van der Waals surface area (Å²) < 4.78 is 0. The van der Waals surface area contributed by atoms with Gasteiger partial charge in [0, 0.05) is 28.4 Å². The monoisotopic (exact) mass is 561 g/mol. The second-order valence-corrected chi connectivity index (χ2v) is 10.9. The maximum Gasteiger partial charge on any atom is 0.272 e. The van der Waals surface area contributed by atoms with Gasteiger partial charge in [0.2, 0.25) is 5.91 Å². The smallest absolute Gasteiger partial charge is 0.272 e. The average Bonchev–Trinajstić information content (AvgIpc) is 3.01. The Morgan fingerprint density at radius 2 is 1.63 bits per heavy atom. The van der Waals surface area contributed by atoms with Crippen molar-refractivity contribution in [1.82, 2.24) is 5.32 Å². The fraction of sp³-hybridized carbons (Fsp3) is 0.147. The van der Waals surface area contributed by atoms with Gasteiger partial charge >= 0.3 is 0 Å². The molecule has 0 spiro atoms. The highest BCUT2D eigenvalue weighted by Crippen LogP contribution is 2.29. The van der Waals surface area contributed by atoms with Gasteiger partial charge in [-0.1, -0.05) is 72.3 Å². The molecule has 0 aromatic heterocycles. The van der Waals surface area contributed by atoms with Crippen molar-refractivity contribution in [2.45, 2.75) is 24.7 Å². The molecule has 0 aliphatic carbocycles. The molecular formula is C34H31N3O3S. The Bertz CT molecular complexity index is 1580. The Kier molecular flexibility index (Phi) is 8.96. The molecule has 1 aliphatic rings. The number of aryl methyl sites for hydroxylation is 2. The minimum Gasteiger partial charge on any atom is -0.321 e. The van der Waals surface area contributed by atoms with E-state index >= 15 is 0 Å². The van der Waals surface area contributed by atoms with Crippen LogP contribution in [0.25, 0.3) is 6.08 Å². The predicted octanol–water partition coefficient (Wildman–Crippen LogP) is 6.48. The highest BCUT2D eigenvalue weighted by molar-refractivity contribution is 8.00. The summed E-state index contributed by atoms with van der Waals surface area (Å²) in [5, 5.41) is 5.67. The molecule has 1 aliphatic heterocycles. The SMILES string of the molecule is Cc1ccc(/C=C(\NC(=O)c2ccccc2)C(=O)Nc2cccc(SCC(=O)N3CCCc4ccccc43)c2)cc1. The van der Waals surface area contributed by atoms with E-state index in [0.717, 1.165) is 41.1 Å². The average molecular weight is 562 g/mol. The number of rotatable bonds is 8. The normalized spacial score (nSPS) is 12.8. The number of carbonyl (C=O) groups is 3. The number of anilines is 2. The third kappa shape index (κ3) is 7.32. The zero-order valence-corrected chi connectivity index (χ0v) is 23.6. The Balaban J connectivity index is 1.28. The van der Waals surface area contributed by atoms with E-state index in [1.54, 1.807) is 36.4 Å². The first-order chi connectivity index (χ1) is 20.0. The minimum atomic E-state index is -0.446. The summed E-state index contributed by atoms with van der Waals surface area (Å²) in [7, 11) is 0. The fourth-order valence-electron chi connectivity index (χ4n) is 4.65. The molecule has 0 bridgehead atoms. The van der Waals surface area contributed by atoms with Crippen molar-refractivity contribution in [2.75, 3.05) is 22.5 Å². The van der Waals surface area contributed by atoms with Crippen molar-refractivity contribution in [3.63, 3.8) is 0 Å². The first-order valence-corrected chi connectivity index (χ1v) is 14.5. The van der Waals surface area contributed by atoms with Gasteiger partial charge in [0.25, 0.3) is 11.8 Å². The van der Waals surface area contributed by atoms with Crippen LogP contribution in [0.3, 0.4) is 0 Å². The third-order valence-corrected chi connectivity index (χ3v) is 7.76. The zero-order chi connectivity index (χ0) is 28.6. The molecule has 7 heteroatoms. The van der Waals surface area contributed by atoms with Crippen LogP contribution in [0.1, 0.15) is 33.5 Å². The molecule has 6 nitrogen and oxygen atoms in total. The van der Waals surface area contributed by atoms with E-state index in [4.69, 9.17) is 0 Å². The van der Waals surface area contributed by atoms with Crippen LogP contribution >= 0.6 is 11.8 Å². The van der Waals surface area contributed by atoms with Crippen LogP contribution in [-0.2, 0) is 16.0 Å². The minimum absolute atomic E-state index is 0.0588. The van der Waals surface area contributed by atoms with Crippen molar-refractivity contribution in [3.05, 3.63) is 131 Å². The number of benzene rings is 4. The second kappa shape index (κ2) is 13.2. The number of nitrogens with one attached hydrogen (secondary N) is 2. The van der Waals surface area contributed by atoms with Gasteiger partial charge in [-0.15, -0.1) is 11.8 Å². The lowest BCUT2D eigenvalue weighted by molar-refractivity contribution is -0.116. The number of fused-ring (bicyclic) bond motifs is 1. The number of amides is 3. The molecule has 206 valence electrons. The molecule has 41 heavy (non-hydrogen) atoms. The molecule has 3 amide bonds.